The molecule has 9 atom stereocenters. The van der Waals surface area contributed by atoms with Gasteiger partial charge in [0, 0.05) is 12.5 Å². The Morgan fingerprint density at radius 2 is 1.83 bits per heavy atom. The molecular weight excluding hydrogens is 520 g/mol. The SMILES string of the molecule is COc1cc(C=CC(=O)O[C@H]2CC[C@@]3(C)C(=CC[C@H]4[C@@H]5CC[C@H]([C@H](C)CC[C@@H](C)C(C)C)[C@@]5(C)CC[C@@H]43)C2)ccc1O. The highest BCUT2D eigenvalue weighted by Gasteiger charge is 2.59. The summed E-state index contributed by atoms with van der Waals surface area (Å²) in [6.45, 7) is 15.0. The van der Waals surface area contributed by atoms with Gasteiger partial charge in [-0.15, -0.1) is 0 Å². The predicted molar refractivity (Wildman–Crippen MR) is 171 cm³/mol. The van der Waals surface area contributed by atoms with Crippen molar-refractivity contribution in [3.8, 4) is 11.5 Å². The van der Waals surface area contributed by atoms with Gasteiger partial charge in [0.2, 0.25) is 0 Å². The monoisotopic (exact) mass is 576 g/mol. The van der Waals surface area contributed by atoms with Gasteiger partial charge in [-0.1, -0.05) is 72.1 Å². The summed E-state index contributed by atoms with van der Waals surface area (Å²) >= 11 is 0. The second-order valence-electron chi connectivity index (χ2n) is 15.3. The Kier molecular flexibility index (Phi) is 9.22. The van der Waals surface area contributed by atoms with Crippen molar-refractivity contribution in [2.24, 2.45) is 52.3 Å². The van der Waals surface area contributed by atoms with Crippen molar-refractivity contribution in [1.29, 1.82) is 0 Å². The first kappa shape index (κ1) is 31.2. The first-order valence-electron chi connectivity index (χ1n) is 16.9. The summed E-state index contributed by atoms with van der Waals surface area (Å²) in [4.78, 5) is 12.7. The van der Waals surface area contributed by atoms with Crippen LogP contribution < -0.4 is 4.74 Å². The number of phenolic OH excluding ortho intramolecular Hbond substituents is 1. The molecule has 0 unspecified atom stereocenters. The number of methoxy groups -OCH3 is 1. The fourth-order valence-corrected chi connectivity index (χ4v) is 9.93. The van der Waals surface area contributed by atoms with Crippen LogP contribution in [0, 0.1) is 52.3 Å². The highest BCUT2D eigenvalue weighted by Crippen LogP contribution is 2.67. The molecule has 0 bridgehead atoms. The minimum atomic E-state index is -0.299. The number of hydrogen-bond donors (Lipinski definition) is 1. The van der Waals surface area contributed by atoms with Crippen LogP contribution in [-0.4, -0.2) is 24.3 Å². The Morgan fingerprint density at radius 1 is 1.05 bits per heavy atom. The van der Waals surface area contributed by atoms with E-state index in [1.165, 1.54) is 58.1 Å². The quantitative estimate of drug-likeness (QED) is 0.181. The summed E-state index contributed by atoms with van der Waals surface area (Å²) in [6.07, 6.45) is 18.3. The molecule has 42 heavy (non-hydrogen) atoms. The molecule has 3 fully saturated rings. The van der Waals surface area contributed by atoms with Gasteiger partial charge in [0.05, 0.1) is 7.11 Å². The maximum atomic E-state index is 12.7. The van der Waals surface area contributed by atoms with Gasteiger partial charge >= 0.3 is 5.97 Å². The lowest BCUT2D eigenvalue weighted by Crippen LogP contribution is -2.51. The van der Waals surface area contributed by atoms with Crippen LogP contribution in [0.3, 0.4) is 0 Å². The average molecular weight is 577 g/mol. The molecule has 4 aliphatic carbocycles. The Balaban J connectivity index is 1.21. The fraction of sp³-hybridized carbons (Fsp3) is 0.711. The molecule has 232 valence electrons. The zero-order valence-electron chi connectivity index (χ0n) is 27.3. The van der Waals surface area contributed by atoms with Crippen molar-refractivity contribution < 1.29 is 19.4 Å². The summed E-state index contributed by atoms with van der Waals surface area (Å²) in [6, 6.07) is 5.04. The molecule has 3 saturated carbocycles. The number of fused-ring (bicyclic) bond motifs is 5. The fourth-order valence-electron chi connectivity index (χ4n) is 9.93. The maximum Gasteiger partial charge on any atom is 0.331 e. The molecule has 0 radical (unpaired) electrons. The first-order chi connectivity index (χ1) is 20.0. The number of carbonyl (C=O) groups is 1. The van der Waals surface area contributed by atoms with Crippen LogP contribution in [0.5, 0.6) is 11.5 Å². The van der Waals surface area contributed by atoms with E-state index in [0.29, 0.717) is 11.2 Å². The molecule has 0 aliphatic heterocycles. The normalized spacial score (nSPS) is 35.6. The molecule has 4 nitrogen and oxygen atoms in total. The molecule has 0 amide bonds. The van der Waals surface area contributed by atoms with Crippen molar-refractivity contribution in [3.63, 3.8) is 0 Å². The zero-order chi connectivity index (χ0) is 30.2. The Morgan fingerprint density at radius 3 is 2.57 bits per heavy atom. The third kappa shape index (κ3) is 5.93. The van der Waals surface area contributed by atoms with Gasteiger partial charge in [0.15, 0.2) is 11.5 Å². The van der Waals surface area contributed by atoms with E-state index in [1.807, 2.05) is 0 Å². The van der Waals surface area contributed by atoms with Crippen molar-refractivity contribution in [2.75, 3.05) is 7.11 Å². The molecule has 1 N–H and O–H groups in total. The molecule has 4 aliphatic rings. The molecule has 5 rings (SSSR count). The maximum absolute atomic E-state index is 12.7. The van der Waals surface area contributed by atoms with Crippen LogP contribution in [0.25, 0.3) is 6.08 Å². The van der Waals surface area contributed by atoms with E-state index in [2.05, 4.69) is 47.6 Å². The Labute approximate surface area is 255 Å². The highest BCUT2D eigenvalue weighted by atomic mass is 16.5. The molecule has 4 heteroatoms. The molecule has 0 saturated heterocycles. The lowest BCUT2D eigenvalue weighted by atomic mass is 9.47. The zero-order valence-corrected chi connectivity index (χ0v) is 27.3. The standard InChI is InChI=1S/C38H56O4/c1-24(2)25(3)8-9-26(4)31-14-15-32-30-13-12-28-23-29(18-20-37(28,5)33(30)19-21-38(31,32)6)42-36(40)17-11-27-10-16-34(39)35(22-27)41-7/h10-12,16-17,22,24-26,29-33,39H,8-9,13-15,18-21,23H2,1-7H3/t25-,26-,29+,30+,31-,32+,33+,37+,38-/m1/s1. The number of phenols is 1. The number of benzene rings is 1. The number of hydrogen-bond acceptors (Lipinski definition) is 4. The number of aromatic hydroxyl groups is 1. The molecule has 1 aromatic rings. The van der Waals surface area contributed by atoms with E-state index >= 15 is 0 Å². The van der Waals surface area contributed by atoms with Crippen LogP contribution in [0.2, 0.25) is 0 Å². The molecule has 0 spiro atoms. The van der Waals surface area contributed by atoms with Gasteiger partial charge in [-0.05, 0) is 121 Å². The van der Waals surface area contributed by atoms with Crippen LogP contribution in [0.4, 0.5) is 0 Å². The van der Waals surface area contributed by atoms with E-state index < -0.39 is 0 Å². The van der Waals surface area contributed by atoms with Gasteiger partial charge in [0.25, 0.3) is 0 Å². The third-order valence-electron chi connectivity index (χ3n) is 12.9. The lowest BCUT2D eigenvalue weighted by molar-refractivity contribution is -0.145. The Bertz CT molecular complexity index is 1180. The van der Waals surface area contributed by atoms with Crippen molar-refractivity contribution in [1.82, 2.24) is 0 Å². The van der Waals surface area contributed by atoms with Crippen LogP contribution >= 0.6 is 0 Å². The van der Waals surface area contributed by atoms with E-state index in [-0.39, 0.29) is 23.2 Å². The van der Waals surface area contributed by atoms with Gasteiger partial charge in [-0.3, -0.25) is 0 Å². The predicted octanol–water partition coefficient (Wildman–Crippen LogP) is 9.61. The van der Waals surface area contributed by atoms with Gasteiger partial charge in [-0.2, -0.15) is 0 Å². The Hall–Kier alpha value is -2.23. The summed E-state index contributed by atoms with van der Waals surface area (Å²) in [5.41, 5.74) is 3.09. The third-order valence-corrected chi connectivity index (χ3v) is 12.9. The number of esters is 1. The highest BCUT2D eigenvalue weighted by molar-refractivity contribution is 5.87. The second-order valence-corrected chi connectivity index (χ2v) is 15.3. The minimum Gasteiger partial charge on any atom is -0.504 e. The number of ether oxygens (including phenoxy) is 2. The lowest BCUT2D eigenvalue weighted by Gasteiger charge is -2.58. The van der Waals surface area contributed by atoms with Gasteiger partial charge < -0.3 is 14.6 Å². The number of allylic oxidation sites excluding steroid dienone is 1. The summed E-state index contributed by atoms with van der Waals surface area (Å²) in [7, 11) is 1.52. The van der Waals surface area contributed by atoms with E-state index in [4.69, 9.17) is 9.47 Å². The van der Waals surface area contributed by atoms with Gasteiger partial charge in [-0.25, -0.2) is 4.79 Å². The summed E-state index contributed by atoms with van der Waals surface area (Å²) < 4.78 is 11.1. The van der Waals surface area contributed by atoms with Crippen LogP contribution in [0.1, 0.15) is 111 Å². The minimum absolute atomic E-state index is 0.0498. The largest absolute Gasteiger partial charge is 0.504 e. The van der Waals surface area contributed by atoms with Crippen molar-refractivity contribution >= 4 is 12.0 Å². The number of rotatable bonds is 9. The first-order valence-corrected chi connectivity index (χ1v) is 16.9. The average Bonchev–Trinajstić information content (AvgIpc) is 3.32. The van der Waals surface area contributed by atoms with E-state index in [9.17, 15) is 9.90 Å². The summed E-state index contributed by atoms with van der Waals surface area (Å²) in [5, 5.41) is 9.81. The molecular formula is C38H56O4. The van der Waals surface area contributed by atoms with E-state index in [0.717, 1.165) is 66.3 Å². The number of carbonyl (C=O) groups excluding carboxylic acids is 1. The van der Waals surface area contributed by atoms with Crippen LogP contribution in [0.15, 0.2) is 35.9 Å². The summed E-state index contributed by atoms with van der Waals surface area (Å²) in [5.74, 6) is 5.94. The molecule has 1 aromatic carbocycles. The van der Waals surface area contributed by atoms with Crippen molar-refractivity contribution in [2.45, 2.75) is 112 Å². The smallest absolute Gasteiger partial charge is 0.331 e. The van der Waals surface area contributed by atoms with Crippen LogP contribution in [-0.2, 0) is 9.53 Å². The second kappa shape index (κ2) is 12.4. The van der Waals surface area contributed by atoms with E-state index in [1.54, 1.807) is 29.8 Å². The van der Waals surface area contributed by atoms with Gasteiger partial charge in [0.1, 0.15) is 6.10 Å². The van der Waals surface area contributed by atoms with Crippen molar-refractivity contribution in [3.05, 3.63) is 41.5 Å². The molecule has 0 aromatic heterocycles. The topological polar surface area (TPSA) is 55.8 Å². The molecule has 0 heterocycles.